The third-order valence-corrected chi connectivity index (χ3v) is 5.80. The van der Waals surface area contributed by atoms with Gasteiger partial charge in [0, 0.05) is 13.0 Å². The van der Waals surface area contributed by atoms with Gasteiger partial charge in [0.05, 0.1) is 24.7 Å². The van der Waals surface area contributed by atoms with Crippen molar-refractivity contribution in [3.8, 4) is 0 Å². The summed E-state index contributed by atoms with van der Waals surface area (Å²) in [6, 6.07) is 17.6. The van der Waals surface area contributed by atoms with Crippen LogP contribution >= 0.6 is 0 Å². The molecule has 8 nitrogen and oxygen atoms in total. The topological polar surface area (TPSA) is 114 Å². The molecule has 0 aromatic heterocycles. The average molecular weight is 455 g/mol. The smallest absolute Gasteiger partial charge is 0.331 e. The first-order valence-electron chi connectivity index (χ1n) is 11.0. The highest BCUT2D eigenvalue weighted by atomic mass is 16.5. The van der Waals surface area contributed by atoms with Gasteiger partial charge in [-0.2, -0.15) is 0 Å². The highest BCUT2D eigenvalue weighted by molar-refractivity contribution is 5.92. The Balaban J connectivity index is 1.72. The first-order valence-corrected chi connectivity index (χ1v) is 11.0. The summed E-state index contributed by atoms with van der Waals surface area (Å²) in [5.41, 5.74) is 0.437. The first-order chi connectivity index (χ1) is 15.9. The van der Waals surface area contributed by atoms with Crippen molar-refractivity contribution in [1.29, 1.82) is 0 Å². The van der Waals surface area contributed by atoms with E-state index in [0.717, 1.165) is 11.1 Å². The number of benzene rings is 2. The SMILES string of the molecule is CC(OCc1ccccc1)[C@H](NC(=O)C1(CO)CCNC(=O)C1)C(=O)OCc1ccccc1. The molecule has 1 heterocycles. The minimum absolute atomic E-state index is 0.0466. The van der Waals surface area contributed by atoms with Crippen LogP contribution in [0.5, 0.6) is 0 Å². The van der Waals surface area contributed by atoms with E-state index in [0.29, 0.717) is 0 Å². The van der Waals surface area contributed by atoms with Gasteiger partial charge in [-0.1, -0.05) is 60.7 Å². The standard InChI is InChI=1S/C25H30N2O6/c1-18(32-15-19-8-4-2-5-9-19)22(23(30)33-16-20-10-6-3-7-11-20)27-24(31)25(17-28)12-13-26-21(29)14-25/h2-11,18,22,28H,12-17H2,1H3,(H,26,29)(H,27,31)/t18?,22-,25?/m0/s1. The first kappa shape index (κ1) is 24.4. The predicted molar refractivity (Wildman–Crippen MR) is 121 cm³/mol. The maximum atomic E-state index is 13.2. The molecule has 33 heavy (non-hydrogen) atoms. The molecule has 3 atom stereocenters. The number of nitrogens with one attached hydrogen (secondary N) is 2. The fourth-order valence-corrected chi connectivity index (χ4v) is 3.68. The molecule has 1 aliphatic heterocycles. The van der Waals surface area contributed by atoms with E-state index in [2.05, 4.69) is 10.6 Å². The number of carbonyl (C=O) groups excluding carboxylic acids is 3. The van der Waals surface area contributed by atoms with Gasteiger partial charge in [0.2, 0.25) is 11.8 Å². The van der Waals surface area contributed by atoms with E-state index < -0.39 is 36.0 Å². The molecule has 2 unspecified atom stereocenters. The van der Waals surface area contributed by atoms with Crippen molar-refractivity contribution in [2.45, 2.75) is 45.1 Å². The number of piperidine rings is 1. The molecule has 3 rings (SSSR count). The van der Waals surface area contributed by atoms with Crippen LogP contribution < -0.4 is 10.6 Å². The zero-order chi connectivity index (χ0) is 23.7. The Morgan fingerprint density at radius 3 is 2.24 bits per heavy atom. The fourth-order valence-electron chi connectivity index (χ4n) is 3.68. The summed E-state index contributed by atoms with van der Waals surface area (Å²) < 4.78 is 11.3. The third-order valence-electron chi connectivity index (χ3n) is 5.80. The predicted octanol–water partition coefficient (Wildman–Crippen LogP) is 1.71. The van der Waals surface area contributed by atoms with Gasteiger partial charge in [-0.3, -0.25) is 9.59 Å². The quantitative estimate of drug-likeness (QED) is 0.471. The number of ether oxygens (including phenoxy) is 2. The van der Waals surface area contributed by atoms with Crippen LogP contribution in [0.25, 0.3) is 0 Å². The number of esters is 1. The molecule has 0 bridgehead atoms. The number of hydrogen-bond donors (Lipinski definition) is 3. The van der Waals surface area contributed by atoms with Crippen molar-refractivity contribution in [2.75, 3.05) is 13.2 Å². The Bertz CT molecular complexity index is 936. The summed E-state index contributed by atoms with van der Waals surface area (Å²) in [5, 5.41) is 15.3. The second-order valence-corrected chi connectivity index (χ2v) is 8.26. The van der Waals surface area contributed by atoms with Crippen molar-refractivity contribution in [2.24, 2.45) is 5.41 Å². The van der Waals surface area contributed by atoms with E-state index in [1.54, 1.807) is 6.92 Å². The summed E-state index contributed by atoms with van der Waals surface area (Å²) in [6.07, 6.45) is -0.600. The van der Waals surface area contributed by atoms with Crippen molar-refractivity contribution in [3.05, 3.63) is 71.8 Å². The van der Waals surface area contributed by atoms with Crippen LogP contribution in [0.4, 0.5) is 0 Å². The lowest BCUT2D eigenvalue weighted by molar-refractivity contribution is -0.156. The lowest BCUT2D eigenvalue weighted by Gasteiger charge is -2.35. The lowest BCUT2D eigenvalue weighted by atomic mass is 9.78. The molecule has 0 saturated carbocycles. The maximum Gasteiger partial charge on any atom is 0.331 e. The van der Waals surface area contributed by atoms with E-state index in [-0.39, 0.29) is 38.5 Å². The highest BCUT2D eigenvalue weighted by Gasteiger charge is 2.44. The number of rotatable bonds is 10. The fraction of sp³-hybridized carbons (Fsp3) is 0.400. The van der Waals surface area contributed by atoms with Crippen molar-refractivity contribution in [3.63, 3.8) is 0 Å². The van der Waals surface area contributed by atoms with Crippen molar-refractivity contribution < 1.29 is 29.0 Å². The summed E-state index contributed by atoms with van der Waals surface area (Å²) in [7, 11) is 0. The molecule has 0 aliphatic carbocycles. The zero-order valence-electron chi connectivity index (χ0n) is 18.7. The van der Waals surface area contributed by atoms with E-state index >= 15 is 0 Å². The molecular formula is C25H30N2O6. The number of amides is 2. The minimum atomic E-state index is -1.29. The molecule has 2 aromatic rings. The number of hydrogen-bond acceptors (Lipinski definition) is 6. The van der Waals surface area contributed by atoms with Crippen LogP contribution in [0.3, 0.4) is 0 Å². The molecule has 0 radical (unpaired) electrons. The second kappa shape index (κ2) is 11.6. The lowest BCUT2D eigenvalue weighted by Crippen LogP contribution is -2.57. The van der Waals surface area contributed by atoms with Gasteiger partial charge >= 0.3 is 5.97 Å². The van der Waals surface area contributed by atoms with Gasteiger partial charge in [0.1, 0.15) is 6.61 Å². The van der Waals surface area contributed by atoms with Crippen molar-refractivity contribution >= 4 is 17.8 Å². The Kier molecular flexibility index (Phi) is 8.57. The molecule has 2 aromatic carbocycles. The molecule has 3 N–H and O–H groups in total. The average Bonchev–Trinajstić information content (AvgIpc) is 2.85. The summed E-state index contributed by atoms with van der Waals surface area (Å²) in [5.74, 6) is -1.54. The zero-order valence-corrected chi connectivity index (χ0v) is 18.7. The van der Waals surface area contributed by atoms with E-state index in [9.17, 15) is 19.5 Å². The molecular weight excluding hydrogens is 424 g/mol. The summed E-state index contributed by atoms with van der Waals surface area (Å²) >= 11 is 0. The molecule has 8 heteroatoms. The van der Waals surface area contributed by atoms with E-state index in [4.69, 9.17) is 9.47 Å². The van der Waals surface area contributed by atoms with Crippen LogP contribution in [-0.4, -0.2) is 48.2 Å². The molecule has 2 amide bonds. The Hall–Kier alpha value is -3.23. The van der Waals surface area contributed by atoms with Gasteiger partial charge < -0.3 is 25.2 Å². The van der Waals surface area contributed by atoms with E-state index in [1.807, 2.05) is 60.7 Å². The number of carbonyl (C=O) groups is 3. The Morgan fingerprint density at radius 2 is 1.67 bits per heavy atom. The molecule has 176 valence electrons. The molecule has 1 aliphatic rings. The maximum absolute atomic E-state index is 13.2. The summed E-state index contributed by atoms with van der Waals surface area (Å²) in [4.78, 5) is 38.0. The van der Waals surface area contributed by atoms with Crippen LogP contribution in [0, 0.1) is 5.41 Å². The van der Waals surface area contributed by atoms with Gasteiger partial charge in [0.15, 0.2) is 6.04 Å². The Labute approximate surface area is 193 Å². The van der Waals surface area contributed by atoms with E-state index in [1.165, 1.54) is 0 Å². The van der Waals surface area contributed by atoms with Gasteiger partial charge in [-0.25, -0.2) is 4.79 Å². The number of aliphatic hydroxyl groups excluding tert-OH is 1. The highest BCUT2D eigenvalue weighted by Crippen LogP contribution is 2.29. The van der Waals surface area contributed by atoms with Crippen LogP contribution in [0.15, 0.2) is 60.7 Å². The second-order valence-electron chi connectivity index (χ2n) is 8.26. The van der Waals surface area contributed by atoms with Gasteiger partial charge in [-0.15, -0.1) is 0 Å². The third kappa shape index (κ3) is 6.63. The van der Waals surface area contributed by atoms with Crippen molar-refractivity contribution in [1.82, 2.24) is 10.6 Å². The minimum Gasteiger partial charge on any atom is -0.459 e. The van der Waals surface area contributed by atoms with Crippen LogP contribution in [0.2, 0.25) is 0 Å². The normalized spacial score (nSPS) is 19.8. The number of aliphatic hydroxyl groups is 1. The van der Waals surface area contributed by atoms with Crippen LogP contribution in [0.1, 0.15) is 30.9 Å². The van der Waals surface area contributed by atoms with Gasteiger partial charge in [0.25, 0.3) is 0 Å². The molecule has 1 fully saturated rings. The van der Waals surface area contributed by atoms with Crippen LogP contribution in [-0.2, 0) is 37.1 Å². The molecule has 1 saturated heterocycles. The monoisotopic (exact) mass is 454 g/mol. The molecule has 0 spiro atoms. The van der Waals surface area contributed by atoms with Gasteiger partial charge in [-0.05, 0) is 24.5 Å². The Morgan fingerprint density at radius 1 is 1.06 bits per heavy atom. The summed E-state index contributed by atoms with van der Waals surface area (Å²) in [6.45, 7) is 1.74. The largest absolute Gasteiger partial charge is 0.459 e.